The molecule has 1 aliphatic rings. The normalized spacial score (nSPS) is 17.3. The van der Waals surface area contributed by atoms with Crippen LogP contribution in [0.1, 0.15) is 37.8 Å². The maximum Gasteiger partial charge on any atom is 0.390 e. The lowest BCUT2D eigenvalue weighted by Gasteiger charge is -2.20. The zero-order chi connectivity index (χ0) is 13.9. The van der Waals surface area contributed by atoms with Gasteiger partial charge in [0.1, 0.15) is 5.75 Å². The highest BCUT2D eigenvalue weighted by Crippen LogP contribution is 2.31. The Morgan fingerprint density at radius 3 is 2.37 bits per heavy atom. The zero-order valence-corrected chi connectivity index (χ0v) is 10.8. The van der Waals surface area contributed by atoms with Crippen molar-refractivity contribution in [2.24, 2.45) is 0 Å². The smallest absolute Gasteiger partial charge is 0.390 e. The molecule has 2 rings (SSSR count). The van der Waals surface area contributed by atoms with Crippen molar-refractivity contribution in [3.8, 4) is 5.75 Å². The summed E-state index contributed by atoms with van der Waals surface area (Å²) in [5.41, 5.74) is 0.641. The van der Waals surface area contributed by atoms with Crippen LogP contribution in [0, 0.1) is 0 Å². The van der Waals surface area contributed by atoms with Crippen LogP contribution in [0.4, 0.5) is 13.2 Å². The molecule has 1 aromatic rings. The van der Waals surface area contributed by atoms with E-state index in [9.17, 15) is 13.2 Å². The summed E-state index contributed by atoms with van der Waals surface area (Å²) in [6.45, 7) is 2.30. The van der Waals surface area contributed by atoms with Crippen molar-refractivity contribution in [3.63, 3.8) is 0 Å². The highest BCUT2D eigenvalue weighted by Gasteiger charge is 2.32. The molecule has 0 saturated heterocycles. The Bertz CT molecular complexity index is 398. The third-order valence-corrected chi connectivity index (χ3v) is 3.00. The van der Waals surface area contributed by atoms with Crippen LogP contribution >= 0.6 is 0 Å². The predicted octanol–water partition coefficient (Wildman–Crippen LogP) is 3.83. The summed E-state index contributed by atoms with van der Waals surface area (Å²) >= 11 is 0. The van der Waals surface area contributed by atoms with Crippen LogP contribution in [0.25, 0.3) is 0 Å². The first kappa shape index (κ1) is 14.2. The Labute approximate surface area is 111 Å². The van der Waals surface area contributed by atoms with E-state index in [1.54, 1.807) is 31.2 Å². The van der Waals surface area contributed by atoms with Crippen molar-refractivity contribution < 1.29 is 17.9 Å². The van der Waals surface area contributed by atoms with Crippen molar-refractivity contribution >= 4 is 0 Å². The largest absolute Gasteiger partial charge is 0.490 e. The predicted molar refractivity (Wildman–Crippen MR) is 67.2 cm³/mol. The van der Waals surface area contributed by atoms with Gasteiger partial charge < -0.3 is 10.1 Å². The molecule has 0 radical (unpaired) electrons. The quantitative estimate of drug-likeness (QED) is 0.850. The Hall–Kier alpha value is -1.23. The molecule has 2 nitrogen and oxygen atoms in total. The van der Waals surface area contributed by atoms with E-state index < -0.39 is 18.6 Å². The van der Waals surface area contributed by atoms with Crippen LogP contribution < -0.4 is 10.1 Å². The molecule has 1 aromatic carbocycles. The number of halogens is 3. The molecule has 0 bridgehead atoms. The fraction of sp³-hybridized carbons (Fsp3) is 0.571. The molecule has 1 fully saturated rings. The van der Waals surface area contributed by atoms with Gasteiger partial charge in [-0.3, -0.25) is 0 Å². The number of rotatable bonds is 6. The maximum absolute atomic E-state index is 12.5. The maximum atomic E-state index is 12.5. The fourth-order valence-electron chi connectivity index (χ4n) is 1.94. The lowest BCUT2D eigenvalue weighted by atomic mass is 10.0. The highest BCUT2D eigenvalue weighted by molar-refractivity contribution is 5.29. The number of hydrogen-bond acceptors (Lipinski definition) is 2. The van der Waals surface area contributed by atoms with Gasteiger partial charge in [0.15, 0.2) is 0 Å². The molecule has 5 heteroatoms. The molecule has 1 atom stereocenters. The minimum atomic E-state index is -4.17. The molecule has 0 heterocycles. The number of nitrogens with one attached hydrogen (secondary N) is 1. The molecule has 1 aliphatic carbocycles. The van der Waals surface area contributed by atoms with Gasteiger partial charge in [0.05, 0.1) is 12.5 Å². The van der Waals surface area contributed by atoms with Crippen LogP contribution in [0.3, 0.4) is 0 Å². The van der Waals surface area contributed by atoms with Gasteiger partial charge in [-0.1, -0.05) is 19.1 Å². The minimum Gasteiger partial charge on any atom is -0.490 e. The van der Waals surface area contributed by atoms with E-state index in [0.29, 0.717) is 18.2 Å². The van der Waals surface area contributed by atoms with Gasteiger partial charge in [0, 0.05) is 6.04 Å². The van der Waals surface area contributed by atoms with Gasteiger partial charge in [-0.15, -0.1) is 0 Å². The van der Waals surface area contributed by atoms with Crippen LogP contribution in [0.15, 0.2) is 24.3 Å². The summed E-state index contributed by atoms with van der Waals surface area (Å²) in [4.78, 5) is 0. The SMILES string of the molecule is CCNC(CC(F)(F)F)c1ccc(OC2CC2)cc1. The minimum absolute atomic E-state index is 0.297. The number of alkyl halides is 3. The second-order valence-electron chi connectivity index (χ2n) is 4.82. The Kier molecular flexibility index (Phi) is 4.34. The van der Waals surface area contributed by atoms with Crippen LogP contribution in [0.2, 0.25) is 0 Å². The first-order valence-electron chi connectivity index (χ1n) is 6.54. The van der Waals surface area contributed by atoms with E-state index in [2.05, 4.69) is 5.32 Å². The van der Waals surface area contributed by atoms with E-state index in [-0.39, 0.29) is 0 Å². The lowest BCUT2D eigenvalue weighted by Crippen LogP contribution is -2.26. The lowest BCUT2D eigenvalue weighted by molar-refractivity contribution is -0.140. The van der Waals surface area contributed by atoms with Gasteiger partial charge in [0.2, 0.25) is 0 Å². The molecule has 19 heavy (non-hydrogen) atoms. The summed E-state index contributed by atoms with van der Waals surface area (Å²) in [5.74, 6) is 0.730. The fourth-order valence-corrected chi connectivity index (χ4v) is 1.94. The van der Waals surface area contributed by atoms with E-state index >= 15 is 0 Å². The summed E-state index contributed by atoms with van der Waals surface area (Å²) in [6.07, 6.45) is -2.60. The molecule has 106 valence electrons. The summed E-state index contributed by atoms with van der Waals surface area (Å²) in [7, 11) is 0. The van der Waals surface area contributed by atoms with Crippen molar-refractivity contribution in [1.82, 2.24) is 5.32 Å². The Balaban J connectivity index is 2.02. The second kappa shape index (κ2) is 5.82. The number of hydrogen-bond donors (Lipinski definition) is 1. The zero-order valence-electron chi connectivity index (χ0n) is 10.8. The molecule has 1 N–H and O–H groups in total. The standard InChI is InChI=1S/C14H18F3NO/c1-2-18-13(9-14(15,16)17)10-3-5-11(6-4-10)19-12-7-8-12/h3-6,12-13,18H,2,7-9H2,1H3. The Morgan fingerprint density at radius 1 is 1.26 bits per heavy atom. The molecule has 0 spiro atoms. The van der Waals surface area contributed by atoms with Crippen molar-refractivity contribution in [2.45, 2.75) is 44.5 Å². The molecule has 0 amide bonds. The third kappa shape index (κ3) is 4.74. The van der Waals surface area contributed by atoms with Crippen molar-refractivity contribution in [1.29, 1.82) is 0 Å². The summed E-state index contributed by atoms with van der Waals surface area (Å²) in [6, 6.07) is 6.20. The molecule has 0 aliphatic heterocycles. The van der Waals surface area contributed by atoms with E-state index in [0.717, 1.165) is 18.6 Å². The van der Waals surface area contributed by atoms with Gasteiger partial charge >= 0.3 is 6.18 Å². The van der Waals surface area contributed by atoms with Crippen LogP contribution in [0.5, 0.6) is 5.75 Å². The van der Waals surface area contributed by atoms with Crippen molar-refractivity contribution in [3.05, 3.63) is 29.8 Å². The Morgan fingerprint density at radius 2 is 1.89 bits per heavy atom. The number of benzene rings is 1. The average Bonchev–Trinajstić information content (AvgIpc) is 3.12. The monoisotopic (exact) mass is 273 g/mol. The number of ether oxygens (including phenoxy) is 1. The third-order valence-electron chi connectivity index (χ3n) is 3.00. The first-order valence-corrected chi connectivity index (χ1v) is 6.54. The van der Waals surface area contributed by atoms with E-state index in [1.807, 2.05) is 0 Å². The van der Waals surface area contributed by atoms with Gasteiger partial charge in [-0.25, -0.2) is 0 Å². The average molecular weight is 273 g/mol. The van der Waals surface area contributed by atoms with Gasteiger partial charge in [-0.05, 0) is 37.1 Å². The van der Waals surface area contributed by atoms with Gasteiger partial charge in [-0.2, -0.15) is 13.2 Å². The summed E-state index contributed by atoms with van der Waals surface area (Å²) in [5, 5.41) is 2.87. The van der Waals surface area contributed by atoms with Crippen LogP contribution in [-0.2, 0) is 0 Å². The first-order chi connectivity index (χ1) is 8.98. The summed E-state index contributed by atoms with van der Waals surface area (Å²) < 4.78 is 43.1. The molecular formula is C14H18F3NO. The van der Waals surface area contributed by atoms with Crippen LogP contribution in [-0.4, -0.2) is 18.8 Å². The second-order valence-corrected chi connectivity index (χ2v) is 4.82. The molecule has 0 aromatic heterocycles. The van der Waals surface area contributed by atoms with E-state index in [1.165, 1.54) is 0 Å². The van der Waals surface area contributed by atoms with E-state index in [4.69, 9.17) is 4.74 Å². The molecule has 1 unspecified atom stereocenters. The van der Waals surface area contributed by atoms with Gasteiger partial charge in [0.25, 0.3) is 0 Å². The molecule has 1 saturated carbocycles. The highest BCUT2D eigenvalue weighted by atomic mass is 19.4. The topological polar surface area (TPSA) is 21.3 Å². The molecular weight excluding hydrogens is 255 g/mol. The van der Waals surface area contributed by atoms with Crippen molar-refractivity contribution in [2.75, 3.05) is 6.54 Å².